The summed E-state index contributed by atoms with van der Waals surface area (Å²) in [5, 5.41) is 30.2. The summed E-state index contributed by atoms with van der Waals surface area (Å²) < 4.78 is 0. The summed E-state index contributed by atoms with van der Waals surface area (Å²) in [5.74, 6) is -5.79. The molecule has 0 aliphatic carbocycles. The molecule has 3 heterocycles. The van der Waals surface area contributed by atoms with Gasteiger partial charge in [-0.05, 0) is 74.5 Å². The summed E-state index contributed by atoms with van der Waals surface area (Å²) in [5.41, 5.74) is 4.90. The number of carbonyl (C=O) groups excluding carboxylic acids is 10. The second-order valence-electron chi connectivity index (χ2n) is 20.0. The van der Waals surface area contributed by atoms with Crippen LogP contribution in [0.3, 0.4) is 0 Å². The molecule has 416 valence electrons. The average Bonchev–Trinajstić information content (AvgIpc) is 3.83. The highest BCUT2D eigenvalue weighted by atomic mass is 16.6. The van der Waals surface area contributed by atoms with Crippen LogP contribution >= 0.6 is 0 Å². The lowest BCUT2D eigenvalue weighted by atomic mass is 9.93. The van der Waals surface area contributed by atoms with Gasteiger partial charge in [0.1, 0.15) is 12.1 Å². The number of nitro benzene ring substituents is 2. The van der Waals surface area contributed by atoms with E-state index >= 15 is 4.79 Å². The predicted molar refractivity (Wildman–Crippen MR) is 285 cm³/mol. The number of amides is 11. The number of primary amides is 1. The highest BCUT2D eigenvalue weighted by Gasteiger charge is 2.38. The minimum Gasteiger partial charge on any atom is -0.352 e. The van der Waals surface area contributed by atoms with E-state index in [1.807, 2.05) is 0 Å². The Bertz CT molecular complexity index is 3200. The highest BCUT2D eigenvalue weighted by Crippen LogP contribution is 2.35. The lowest BCUT2D eigenvalue weighted by Gasteiger charge is -2.34. The summed E-state index contributed by atoms with van der Waals surface area (Å²) in [6.45, 7) is 3.19. The molecule has 0 unspecified atom stereocenters. The summed E-state index contributed by atoms with van der Waals surface area (Å²) in [6.07, 6.45) is 4.07. The van der Waals surface area contributed by atoms with Gasteiger partial charge in [-0.1, -0.05) is 44.5 Å². The minimum atomic E-state index is -1.31. The topological polar surface area (TPSA) is 326 Å². The fourth-order valence-electron chi connectivity index (χ4n) is 10.3. The van der Waals surface area contributed by atoms with E-state index in [1.165, 1.54) is 53.3 Å². The molecule has 0 bridgehead atoms. The van der Waals surface area contributed by atoms with Crippen LogP contribution in [0.25, 0.3) is 21.5 Å². The Morgan fingerprint density at radius 3 is 1.68 bits per heavy atom. The van der Waals surface area contributed by atoms with Gasteiger partial charge in [-0.2, -0.15) is 0 Å². The smallest absolute Gasteiger partial charge is 0.312 e. The van der Waals surface area contributed by atoms with E-state index in [-0.39, 0.29) is 123 Å². The third-order valence-corrected chi connectivity index (χ3v) is 14.3. The van der Waals surface area contributed by atoms with Crippen LogP contribution in [-0.2, 0) is 24.0 Å². The number of imide groups is 3. The average molecular weight is 1090 g/mol. The SMILES string of the molecule is CC(C)[C@@H](C(=O)N[C@@H](CCCNC(N)=O)C(=O)N(CCCN(C)CCN1C(=O)c2cccc3cc([N+](=O)[O-])cc(c23)C1=O)CCN1C(=O)c2cccc3cc([N+](=O)[O-])cc(c23)C1=O)N(C)C(=O)CCCCCN1C(=O)C=CC1=O. The fourth-order valence-corrected chi connectivity index (χ4v) is 10.3. The molecule has 4 aromatic rings. The Hall–Kier alpha value is -9.00. The van der Waals surface area contributed by atoms with Crippen molar-refractivity contribution in [2.24, 2.45) is 11.7 Å². The Labute approximate surface area is 452 Å². The molecule has 3 aliphatic heterocycles. The Balaban J connectivity index is 1.08. The third kappa shape index (κ3) is 12.9. The molecule has 3 aliphatic rings. The summed E-state index contributed by atoms with van der Waals surface area (Å²) >= 11 is 0. The number of nitrogens with one attached hydrogen (secondary N) is 2. The third-order valence-electron chi connectivity index (χ3n) is 14.3. The van der Waals surface area contributed by atoms with E-state index in [9.17, 15) is 63.4 Å². The van der Waals surface area contributed by atoms with Gasteiger partial charge in [-0.3, -0.25) is 78.1 Å². The number of hydrogen-bond acceptors (Lipinski definition) is 15. The van der Waals surface area contributed by atoms with Gasteiger partial charge < -0.3 is 31.1 Å². The van der Waals surface area contributed by atoms with Gasteiger partial charge in [-0.25, -0.2) is 4.79 Å². The van der Waals surface area contributed by atoms with Crippen LogP contribution in [0.15, 0.2) is 72.8 Å². The first-order valence-electron chi connectivity index (χ1n) is 25.8. The molecule has 2 atom stereocenters. The zero-order valence-corrected chi connectivity index (χ0v) is 44.1. The molecular formula is C54H61N11O14. The van der Waals surface area contributed by atoms with E-state index in [0.29, 0.717) is 35.4 Å². The molecule has 4 aromatic carbocycles. The van der Waals surface area contributed by atoms with Crippen molar-refractivity contribution in [2.75, 3.05) is 66.5 Å². The van der Waals surface area contributed by atoms with Crippen LogP contribution < -0.4 is 16.4 Å². The second kappa shape index (κ2) is 25.0. The van der Waals surface area contributed by atoms with Crippen molar-refractivity contribution in [3.05, 3.63) is 115 Å². The highest BCUT2D eigenvalue weighted by molar-refractivity contribution is 6.27. The first kappa shape index (κ1) is 57.7. The predicted octanol–water partition coefficient (Wildman–Crippen LogP) is 3.75. The quantitative estimate of drug-likeness (QED) is 0.0331. The van der Waals surface area contributed by atoms with Gasteiger partial charge in [0.2, 0.25) is 17.7 Å². The Morgan fingerprint density at radius 1 is 0.633 bits per heavy atom. The molecule has 79 heavy (non-hydrogen) atoms. The second-order valence-corrected chi connectivity index (χ2v) is 20.0. The lowest BCUT2D eigenvalue weighted by Crippen LogP contribution is -2.57. The number of benzene rings is 4. The maximum Gasteiger partial charge on any atom is 0.312 e. The monoisotopic (exact) mass is 1090 g/mol. The number of carbonyl (C=O) groups is 10. The van der Waals surface area contributed by atoms with Gasteiger partial charge in [-0.15, -0.1) is 0 Å². The first-order chi connectivity index (χ1) is 37.6. The molecule has 25 nitrogen and oxygen atoms in total. The van der Waals surface area contributed by atoms with Gasteiger partial charge in [0.15, 0.2) is 0 Å². The van der Waals surface area contributed by atoms with Crippen LogP contribution in [-0.4, -0.2) is 177 Å². The van der Waals surface area contributed by atoms with Crippen molar-refractivity contribution < 1.29 is 57.8 Å². The maximum atomic E-state index is 15.0. The number of non-ortho nitro benzene ring substituents is 2. The number of nitro groups is 2. The summed E-state index contributed by atoms with van der Waals surface area (Å²) in [7, 11) is 3.18. The summed E-state index contributed by atoms with van der Waals surface area (Å²) in [6, 6.07) is 10.9. The lowest BCUT2D eigenvalue weighted by molar-refractivity contribution is -0.384. The number of nitrogens with zero attached hydrogens (tertiary/aromatic N) is 8. The van der Waals surface area contributed by atoms with Crippen molar-refractivity contribution in [3.63, 3.8) is 0 Å². The van der Waals surface area contributed by atoms with Crippen molar-refractivity contribution in [1.29, 1.82) is 0 Å². The molecule has 7 rings (SSSR count). The maximum absolute atomic E-state index is 15.0. The van der Waals surface area contributed by atoms with Crippen LogP contribution in [0.5, 0.6) is 0 Å². The Kier molecular flexibility index (Phi) is 18.2. The molecule has 0 fully saturated rings. The van der Waals surface area contributed by atoms with E-state index < -0.39 is 81.1 Å². The first-order valence-corrected chi connectivity index (χ1v) is 25.8. The number of unbranched alkanes of at least 4 members (excludes halogenated alkanes) is 2. The van der Waals surface area contributed by atoms with Crippen LogP contribution in [0.2, 0.25) is 0 Å². The molecule has 0 radical (unpaired) electrons. The number of hydrogen-bond donors (Lipinski definition) is 3. The van der Waals surface area contributed by atoms with Gasteiger partial charge in [0, 0.05) is 118 Å². The van der Waals surface area contributed by atoms with Gasteiger partial charge in [0.05, 0.1) is 21.0 Å². The standard InChI is InChI=1S/C54H61N11O14/c1-32(2)47(59(4)42(66)17-6-5-7-23-61-43(67)18-19-44(61)68)48(69)57-41(16-10-20-56-54(55)75)53(74)60(25-27-63-50(71)38-15-9-13-34-29-36(65(78)79)31-40(46(34)38)52(63)73)22-11-21-58(3)24-26-62-49(70)37-14-8-12-33-28-35(64(76)77)30-39(45(33)37)51(62)72/h8-9,12-15,18-19,28-32,41,47H,5-7,10-11,16-17,20-27H2,1-4H3,(H,57,69)(H3,55,56,75)/t41-,47-/m0/s1. The molecular weight excluding hydrogens is 1030 g/mol. The van der Waals surface area contributed by atoms with Crippen LogP contribution in [0, 0.1) is 26.1 Å². The zero-order valence-electron chi connectivity index (χ0n) is 44.1. The number of urea groups is 1. The van der Waals surface area contributed by atoms with E-state index in [4.69, 9.17) is 5.73 Å². The molecule has 25 heteroatoms. The Morgan fingerprint density at radius 2 is 1.16 bits per heavy atom. The van der Waals surface area contributed by atoms with E-state index in [1.54, 1.807) is 50.1 Å². The number of nitrogens with two attached hydrogens (primary N) is 1. The number of rotatable bonds is 27. The number of likely N-dealkylation sites (N-methyl/N-ethyl adjacent to an activating group) is 2. The molecule has 4 N–H and O–H groups in total. The van der Waals surface area contributed by atoms with E-state index in [2.05, 4.69) is 10.6 Å². The van der Waals surface area contributed by atoms with Crippen LogP contribution in [0.4, 0.5) is 16.2 Å². The van der Waals surface area contributed by atoms with Crippen molar-refractivity contribution in [3.8, 4) is 0 Å². The van der Waals surface area contributed by atoms with Crippen LogP contribution in [0.1, 0.15) is 100 Å². The van der Waals surface area contributed by atoms with E-state index in [0.717, 1.165) is 26.8 Å². The zero-order chi connectivity index (χ0) is 57.4. The van der Waals surface area contributed by atoms with Gasteiger partial charge in [0.25, 0.3) is 46.8 Å². The van der Waals surface area contributed by atoms with Gasteiger partial charge >= 0.3 is 6.03 Å². The van der Waals surface area contributed by atoms with Crippen molar-refractivity contribution >= 4 is 92.1 Å². The molecule has 0 saturated carbocycles. The molecule has 0 aromatic heterocycles. The molecule has 11 amide bonds. The van der Waals surface area contributed by atoms with Crippen molar-refractivity contribution in [2.45, 2.75) is 70.9 Å². The fraction of sp³-hybridized carbons (Fsp3) is 0.407. The largest absolute Gasteiger partial charge is 0.352 e. The molecule has 0 spiro atoms. The molecule has 0 saturated heterocycles. The summed E-state index contributed by atoms with van der Waals surface area (Å²) in [4.78, 5) is 164. The minimum absolute atomic E-state index is 0.00981. The van der Waals surface area contributed by atoms with Crippen molar-refractivity contribution in [1.82, 2.24) is 40.0 Å². The normalized spacial score (nSPS) is 14.7.